The number of fused-ring (bicyclic) bond motifs is 1. The molecule has 0 spiro atoms. The Bertz CT molecular complexity index is 588. The van der Waals surface area contributed by atoms with Crippen molar-refractivity contribution in [2.45, 2.75) is 25.5 Å². The van der Waals surface area contributed by atoms with Gasteiger partial charge < -0.3 is 14.9 Å². The molecule has 2 fully saturated rings. The monoisotopic (exact) mass is 320 g/mol. The topological polar surface area (TPSA) is 43.8 Å². The third-order valence-corrected chi connectivity index (χ3v) is 5.70. The molecule has 1 aromatic carbocycles. The van der Waals surface area contributed by atoms with Crippen molar-refractivity contribution in [3.63, 3.8) is 0 Å². The van der Waals surface area contributed by atoms with Gasteiger partial charge in [-0.3, -0.25) is 4.79 Å². The van der Waals surface area contributed by atoms with Crippen molar-refractivity contribution in [2.24, 2.45) is 17.8 Å². The SMILES string of the molecule is CC(C(=O)N1CC2C(C1)C2N(C)C)C(C)(O)c1ccc(F)cc1. The average molecular weight is 320 g/mol. The summed E-state index contributed by atoms with van der Waals surface area (Å²) in [5, 5.41) is 10.8. The zero-order valence-electron chi connectivity index (χ0n) is 14.2. The molecule has 1 aliphatic heterocycles. The van der Waals surface area contributed by atoms with Crippen LogP contribution in [-0.4, -0.2) is 54.0 Å². The van der Waals surface area contributed by atoms with Crippen LogP contribution in [0.1, 0.15) is 19.4 Å². The lowest BCUT2D eigenvalue weighted by Crippen LogP contribution is -2.45. The first-order valence-electron chi connectivity index (χ1n) is 8.17. The van der Waals surface area contributed by atoms with Crippen molar-refractivity contribution in [1.29, 1.82) is 0 Å². The highest BCUT2D eigenvalue weighted by Crippen LogP contribution is 2.48. The first kappa shape index (κ1) is 16.4. The zero-order chi connectivity index (χ0) is 16.9. The molecule has 1 amide bonds. The minimum Gasteiger partial charge on any atom is -0.385 e. The lowest BCUT2D eigenvalue weighted by atomic mass is 9.83. The number of carbonyl (C=O) groups is 1. The quantitative estimate of drug-likeness (QED) is 0.918. The van der Waals surface area contributed by atoms with E-state index < -0.39 is 11.5 Å². The molecule has 0 bridgehead atoms. The van der Waals surface area contributed by atoms with Gasteiger partial charge in [-0.05, 0) is 50.6 Å². The summed E-state index contributed by atoms with van der Waals surface area (Å²) in [5.41, 5.74) is -0.742. The Morgan fingerprint density at radius 3 is 2.30 bits per heavy atom. The smallest absolute Gasteiger partial charge is 0.228 e. The van der Waals surface area contributed by atoms with E-state index in [2.05, 4.69) is 19.0 Å². The van der Waals surface area contributed by atoms with Crippen LogP contribution in [0.25, 0.3) is 0 Å². The molecule has 1 aromatic rings. The van der Waals surface area contributed by atoms with Crippen LogP contribution in [0.15, 0.2) is 24.3 Å². The van der Waals surface area contributed by atoms with Gasteiger partial charge in [-0.25, -0.2) is 4.39 Å². The summed E-state index contributed by atoms with van der Waals surface area (Å²) >= 11 is 0. The average Bonchev–Trinajstić information content (AvgIpc) is 3.02. The fourth-order valence-corrected chi connectivity index (χ4v) is 3.99. The fraction of sp³-hybridized carbons (Fsp3) is 0.611. The molecule has 3 rings (SSSR count). The Morgan fingerprint density at radius 2 is 1.83 bits per heavy atom. The van der Waals surface area contributed by atoms with E-state index in [1.165, 1.54) is 12.1 Å². The summed E-state index contributed by atoms with van der Waals surface area (Å²) in [7, 11) is 4.16. The highest BCUT2D eigenvalue weighted by Gasteiger charge is 2.58. The number of aliphatic hydroxyl groups is 1. The van der Waals surface area contributed by atoms with Crippen molar-refractivity contribution in [2.75, 3.05) is 27.2 Å². The maximum atomic E-state index is 13.1. The zero-order valence-corrected chi connectivity index (χ0v) is 14.2. The third kappa shape index (κ3) is 2.76. The van der Waals surface area contributed by atoms with Crippen LogP contribution in [0.3, 0.4) is 0 Å². The molecule has 1 aliphatic carbocycles. The van der Waals surface area contributed by atoms with Crippen molar-refractivity contribution < 1.29 is 14.3 Å². The molecule has 5 heteroatoms. The van der Waals surface area contributed by atoms with Crippen LogP contribution in [0.5, 0.6) is 0 Å². The predicted octanol–water partition coefficient (Wildman–Crippen LogP) is 1.69. The van der Waals surface area contributed by atoms with E-state index in [0.717, 1.165) is 13.1 Å². The lowest BCUT2D eigenvalue weighted by Gasteiger charge is -2.33. The van der Waals surface area contributed by atoms with Crippen LogP contribution in [-0.2, 0) is 10.4 Å². The molecule has 4 nitrogen and oxygen atoms in total. The first-order chi connectivity index (χ1) is 10.7. The van der Waals surface area contributed by atoms with Gasteiger partial charge >= 0.3 is 0 Å². The maximum absolute atomic E-state index is 13.1. The number of hydrogen-bond donors (Lipinski definition) is 1. The molecule has 4 atom stereocenters. The number of rotatable bonds is 4. The Morgan fingerprint density at radius 1 is 1.30 bits per heavy atom. The molecule has 4 unspecified atom stereocenters. The van der Waals surface area contributed by atoms with E-state index in [1.54, 1.807) is 26.0 Å². The third-order valence-electron chi connectivity index (χ3n) is 5.70. The minimum atomic E-state index is -1.31. The van der Waals surface area contributed by atoms with E-state index in [9.17, 15) is 14.3 Å². The Labute approximate surface area is 136 Å². The van der Waals surface area contributed by atoms with E-state index in [-0.39, 0.29) is 11.7 Å². The molecule has 2 aliphatic rings. The van der Waals surface area contributed by atoms with E-state index >= 15 is 0 Å². The Kier molecular flexibility index (Phi) is 3.97. The summed E-state index contributed by atoms with van der Waals surface area (Å²) in [6.07, 6.45) is 0. The molecule has 1 saturated carbocycles. The maximum Gasteiger partial charge on any atom is 0.228 e. The van der Waals surface area contributed by atoms with Crippen LogP contribution in [0, 0.1) is 23.6 Å². The summed E-state index contributed by atoms with van der Waals surface area (Å²) in [6.45, 7) is 4.92. The van der Waals surface area contributed by atoms with Crippen LogP contribution < -0.4 is 0 Å². The molecule has 23 heavy (non-hydrogen) atoms. The Balaban J connectivity index is 1.67. The number of carbonyl (C=O) groups excluding carboxylic acids is 1. The van der Waals surface area contributed by atoms with Crippen LogP contribution >= 0.6 is 0 Å². The van der Waals surface area contributed by atoms with Gasteiger partial charge in [0.2, 0.25) is 5.91 Å². The number of halogens is 1. The van der Waals surface area contributed by atoms with Gasteiger partial charge in [-0.15, -0.1) is 0 Å². The van der Waals surface area contributed by atoms with Gasteiger partial charge in [0.15, 0.2) is 0 Å². The normalized spacial score (nSPS) is 30.0. The number of nitrogens with zero attached hydrogens (tertiary/aromatic N) is 2. The van der Waals surface area contributed by atoms with Crippen LogP contribution in [0.4, 0.5) is 4.39 Å². The van der Waals surface area contributed by atoms with E-state index in [4.69, 9.17) is 0 Å². The van der Waals surface area contributed by atoms with Crippen molar-refractivity contribution >= 4 is 5.91 Å². The fourth-order valence-electron chi connectivity index (χ4n) is 3.99. The number of hydrogen-bond acceptors (Lipinski definition) is 3. The minimum absolute atomic E-state index is 0.0240. The highest BCUT2D eigenvalue weighted by molar-refractivity contribution is 5.80. The van der Waals surface area contributed by atoms with E-state index in [1.807, 2.05) is 4.90 Å². The second kappa shape index (κ2) is 5.56. The summed E-state index contributed by atoms with van der Waals surface area (Å²) in [6, 6.07) is 6.30. The molecule has 1 heterocycles. The second-order valence-electron chi connectivity index (χ2n) is 7.40. The van der Waals surface area contributed by atoms with Gasteiger partial charge in [0.05, 0.1) is 11.5 Å². The standard InChI is InChI=1S/C18H25FN2O2/c1-11(18(2,23)12-5-7-13(19)8-6-12)17(22)21-9-14-15(10-21)16(14)20(3)4/h5-8,11,14-16,23H,9-10H2,1-4H3. The van der Waals surface area contributed by atoms with Gasteiger partial charge in [0, 0.05) is 19.1 Å². The molecular formula is C18H25FN2O2. The van der Waals surface area contributed by atoms with Crippen molar-refractivity contribution in [3.8, 4) is 0 Å². The highest BCUT2D eigenvalue weighted by atomic mass is 19.1. The summed E-state index contributed by atoms with van der Waals surface area (Å²) in [5.74, 6) is 0.194. The number of piperidine rings is 1. The van der Waals surface area contributed by atoms with Crippen molar-refractivity contribution in [1.82, 2.24) is 9.80 Å². The van der Waals surface area contributed by atoms with Gasteiger partial charge in [0.1, 0.15) is 5.82 Å². The van der Waals surface area contributed by atoms with Crippen LogP contribution in [0.2, 0.25) is 0 Å². The summed E-state index contributed by atoms with van der Waals surface area (Å²) < 4.78 is 13.1. The largest absolute Gasteiger partial charge is 0.385 e. The first-order valence-corrected chi connectivity index (χ1v) is 8.17. The molecule has 0 radical (unpaired) electrons. The molecule has 0 aromatic heterocycles. The Hall–Kier alpha value is -1.46. The molecule has 1 saturated heterocycles. The summed E-state index contributed by atoms with van der Waals surface area (Å²) in [4.78, 5) is 16.9. The molecule has 1 N–H and O–H groups in total. The number of amides is 1. The number of likely N-dealkylation sites (tertiary alicyclic amines) is 1. The lowest BCUT2D eigenvalue weighted by molar-refractivity contribution is -0.143. The predicted molar refractivity (Wildman–Crippen MR) is 86.2 cm³/mol. The number of benzene rings is 1. The molecule has 126 valence electrons. The second-order valence-corrected chi connectivity index (χ2v) is 7.40. The van der Waals surface area contributed by atoms with Gasteiger partial charge in [0.25, 0.3) is 0 Å². The van der Waals surface area contributed by atoms with Gasteiger partial charge in [-0.2, -0.15) is 0 Å². The van der Waals surface area contributed by atoms with Gasteiger partial charge in [-0.1, -0.05) is 19.1 Å². The molecular weight excluding hydrogens is 295 g/mol. The van der Waals surface area contributed by atoms with Crippen molar-refractivity contribution in [3.05, 3.63) is 35.6 Å². The van der Waals surface area contributed by atoms with E-state index in [0.29, 0.717) is 23.4 Å².